The maximum atomic E-state index is 13.1. The maximum Gasteiger partial charge on any atom is 0.276 e. The second kappa shape index (κ2) is 7.30. The van der Waals surface area contributed by atoms with Crippen LogP contribution < -0.4 is 5.32 Å². The Morgan fingerprint density at radius 1 is 1.28 bits per heavy atom. The first kappa shape index (κ1) is 17.5. The minimum atomic E-state index is -0.284. The topological polar surface area (TPSA) is 72.0 Å². The van der Waals surface area contributed by atoms with Crippen LogP contribution in [0.25, 0.3) is 17.3 Å². The van der Waals surface area contributed by atoms with Crippen LogP contribution in [0.2, 0.25) is 0 Å². The molecule has 1 aliphatic rings. The molecule has 7 nitrogen and oxygen atoms in total. The molecule has 0 saturated carbocycles. The molecule has 1 atom stereocenters. The molecule has 1 N–H and O–H groups in total. The predicted molar refractivity (Wildman–Crippen MR) is 92.3 cm³/mol. The van der Waals surface area contributed by atoms with Gasteiger partial charge >= 0.3 is 0 Å². The monoisotopic (exact) mass is 364 g/mol. The van der Waals surface area contributed by atoms with Crippen molar-refractivity contribution in [3.8, 4) is 17.3 Å². The van der Waals surface area contributed by atoms with Crippen LogP contribution in [0.3, 0.4) is 0 Å². The number of benzene rings is 1. The van der Waals surface area contributed by atoms with Crippen molar-refractivity contribution in [2.75, 3.05) is 26.7 Å². The van der Waals surface area contributed by atoms with Gasteiger partial charge in [-0.15, -0.1) is 12.4 Å². The molecule has 1 aromatic carbocycles. The number of aromatic nitrogens is 4. The molecule has 0 amide bonds. The van der Waals surface area contributed by atoms with Gasteiger partial charge in [0.2, 0.25) is 0 Å². The first-order chi connectivity index (χ1) is 11.7. The van der Waals surface area contributed by atoms with Crippen LogP contribution in [0, 0.1) is 5.82 Å². The van der Waals surface area contributed by atoms with E-state index in [-0.39, 0.29) is 24.3 Å². The first-order valence-electron chi connectivity index (χ1n) is 7.75. The number of nitrogens with zero attached hydrogens (tertiary/aromatic N) is 5. The van der Waals surface area contributed by atoms with Crippen LogP contribution in [0.15, 0.2) is 41.3 Å². The van der Waals surface area contributed by atoms with E-state index in [9.17, 15) is 4.39 Å². The lowest BCUT2D eigenvalue weighted by Crippen LogP contribution is -2.44. The molecule has 0 aliphatic carbocycles. The summed E-state index contributed by atoms with van der Waals surface area (Å²) in [7, 11) is 2.05. The lowest BCUT2D eigenvalue weighted by atomic mass is 10.2. The fourth-order valence-electron chi connectivity index (χ4n) is 2.83. The lowest BCUT2D eigenvalue weighted by molar-refractivity contribution is 0.190. The normalized spacial score (nSPS) is 18.1. The molecule has 2 aromatic heterocycles. The third-order valence-corrected chi connectivity index (χ3v) is 4.21. The standard InChI is InChI=1S/C16H17FN6O.ClH/c1-22-7-6-18-8-13(22)15-20-16(24-21-15)14-9-19-10-23(14)12-4-2-11(17)3-5-12;/h2-5,9-10,13,18H,6-8H2,1H3;1H. The number of hydrogen-bond acceptors (Lipinski definition) is 6. The van der Waals surface area contributed by atoms with E-state index in [1.54, 1.807) is 29.2 Å². The molecule has 3 heterocycles. The minimum Gasteiger partial charge on any atom is -0.332 e. The molecular formula is C16H18ClFN6O. The van der Waals surface area contributed by atoms with E-state index in [1.165, 1.54) is 12.1 Å². The zero-order chi connectivity index (χ0) is 16.5. The second-order valence-electron chi connectivity index (χ2n) is 5.78. The average molecular weight is 365 g/mol. The Morgan fingerprint density at radius 2 is 2.08 bits per heavy atom. The maximum absolute atomic E-state index is 13.1. The summed E-state index contributed by atoms with van der Waals surface area (Å²) >= 11 is 0. The number of piperazine rings is 1. The van der Waals surface area contributed by atoms with Gasteiger partial charge in [-0.3, -0.25) is 9.47 Å². The van der Waals surface area contributed by atoms with E-state index in [4.69, 9.17) is 4.52 Å². The second-order valence-corrected chi connectivity index (χ2v) is 5.78. The molecule has 25 heavy (non-hydrogen) atoms. The Labute approximate surface area is 150 Å². The van der Waals surface area contributed by atoms with Crippen LogP contribution in [-0.4, -0.2) is 51.3 Å². The number of nitrogens with one attached hydrogen (secondary N) is 1. The summed E-state index contributed by atoms with van der Waals surface area (Å²) in [5, 5.41) is 7.46. The van der Waals surface area contributed by atoms with Crippen LogP contribution in [0.4, 0.5) is 4.39 Å². The summed E-state index contributed by atoms with van der Waals surface area (Å²) in [6.07, 6.45) is 3.30. The van der Waals surface area contributed by atoms with Crippen molar-refractivity contribution in [2.45, 2.75) is 6.04 Å². The Kier molecular flexibility index (Phi) is 5.12. The van der Waals surface area contributed by atoms with E-state index in [2.05, 4.69) is 25.3 Å². The number of likely N-dealkylation sites (N-methyl/N-ethyl adjacent to an activating group) is 1. The third-order valence-electron chi connectivity index (χ3n) is 4.21. The molecule has 0 radical (unpaired) electrons. The van der Waals surface area contributed by atoms with Gasteiger partial charge in [0.25, 0.3) is 5.89 Å². The number of imidazole rings is 1. The van der Waals surface area contributed by atoms with Crippen LogP contribution in [0.5, 0.6) is 0 Å². The number of rotatable bonds is 3. The van der Waals surface area contributed by atoms with Gasteiger partial charge in [-0.2, -0.15) is 4.98 Å². The summed E-state index contributed by atoms with van der Waals surface area (Å²) in [6.45, 7) is 2.67. The molecule has 9 heteroatoms. The molecular weight excluding hydrogens is 347 g/mol. The molecule has 1 aliphatic heterocycles. The highest BCUT2D eigenvalue weighted by Gasteiger charge is 2.26. The summed E-state index contributed by atoms with van der Waals surface area (Å²) in [5.74, 6) is 0.755. The minimum absolute atomic E-state index is 0. The van der Waals surface area contributed by atoms with E-state index in [1.807, 2.05) is 7.05 Å². The van der Waals surface area contributed by atoms with Crippen LogP contribution >= 0.6 is 12.4 Å². The molecule has 0 bridgehead atoms. The highest BCUT2D eigenvalue weighted by atomic mass is 35.5. The van der Waals surface area contributed by atoms with Crippen molar-refractivity contribution in [3.05, 3.63) is 48.4 Å². The molecule has 4 rings (SSSR count). The highest BCUT2D eigenvalue weighted by Crippen LogP contribution is 2.24. The molecule has 0 spiro atoms. The Balaban J connectivity index is 0.00000182. The van der Waals surface area contributed by atoms with Gasteiger partial charge in [-0.05, 0) is 31.3 Å². The molecule has 3 aromatic rings. The molecule has 1 unspecified atom stereocenters. The zero-order valence-corrected chi connectivity index (χ0v) is 14.4. The van der Waals surface area contributed by atoms with Crippen molar-refractivity contribution in [1.82, 2.24) is 29.9 Å². The number of halogens is 2. The largest absolute Gasteiger partial charge is 0.332 e. The predicted octanol–water partition coefficient (Wildman–Crippen LogP) is 2.06. The van der Waals surface area contributed by atoms with E-state index in [0.29, 0.717) is 17.4 Å². The highest BCUT2D eigenvalue weighted by molar-refractivity contribution is 5.85. The molecule has 1 saturated heterocycles. The van der Waals surface area contributed by atoms with Gasteiger partial charge < -0.3 is 9.84 Å². The lowest BCUT2D eigenvalue weighted by Gasteiger charge is -2.30. The van der Waals surface area contributed by atoms with Gasteiger partial charge in [-0.25, -0.2) is 9.37 Å². The summed E-state index contributed by atoms with van der Waals surface area (Å²) in [5.41, 5.74) is 1.45. The summed E-state index contributed by atoms with van der Waals surface area (Å²) in [6, 6.07) is 6.24. The van der Waals surface area contributed by atoms with Crippen LogP contribution in [-0.2, 0) is 0 Å². The van der Waals surface area contributed by atoms with E-state index >= 15 is 0 Å². The van der Waals surface area contributed by atoms with Gasteiger partial charge in [0, 0.05) is 25.3 Å². The van der Waals surface area contributed by atoms with Crippen molar-refractivity contribution >= 4 is 12.4 Å². The van der Waals surface area contributed by atoms with Gasteiger partial charge in [0.05, 0.1) is 18.6 Å². The zero-order valence-electron chi connectivity index (χ0n) is 13.6. The first-order valence-corrected chi connectivity index (χ1v) is 7.75. The molecule has 132 valence electrons. The van der Waals surface area contributed by atoms with Crippen molar-refractivity contribution in [2.24, 2.45) is 0 Å². The van der Waals surface area contributed by atoms with Crippen molar-refractivity contribution < 1.29 is 8.91 Å². The van der Waals surface area contributed by atoms with Crippen molar-refractivity contribution in [3.63, 3.8) is 0 Å². The average Bonchev–Trinajstić information content (AvgIpc) is 3.25. The Hall–Kier alpha value is -2.29. The van der Waals surface area contributed by atoms with Gasteiger partial charge in [0.1, 0.15) is 11.5 Å². The fraction of sp³-hybridized carbons (Fsp3) is 0.312. The van der Waals surface area contributed by atoms with Gasteiger partial charge in [-0.1, -0.05) is 5.16 Å². The molecule has 1 fully saturated rings. The third kappa shape index (κ3) is 3.41. The Morgan fingerprint density at radius 3 is 2.84 bits per heavy atom. The van der Waals surface area contributed by atoms with Gasteiger partial charge in [0.15, 0.2) is 5.82 Å². The summed E-state index contributed by atoms with van der Waals surface area (Å²) < 4.78 is 20.4. The number of hydrogen-bond donors (Lipinski definition) is 1. The van der Waals surface area contributed by atoms with Crippen molar-refractivity contribution in [1.29, 1.82) is 0 Å². The van der Waals surface area contributed by atoms with E-state index < -0.39 is 0 Å². The SMILES string of the molecule is CN1CCNCC1c1noc(-c2cncn2-c2ccc(F)cc2)n1.Cl. The quantitative estimate of drug-likeness (QED) is 0.767. The smallest absolute Gasteiger partial charge is 0.276 e. The fourth-order valence-corrected chi connectivity index (χ4v) is 2.83. The van der Waals surface area contributed by atoms with E-state index in [0.717, 1.165) is 25.3 Å². The van der Waals surface area contributed by atoms with Crippen LogP contribution in [0.1, 0.15) is 11.9 Å². The Bertz CT molecular complexity index is 833. The summed E-state index contributed by atoms with van der Waals surface area (Å²) in [4.78, 5) is 10.9.